The van der Waals surface area contributed by atoms with Crippen LogP contribution in [0, 0.1) is 0 Å². The van der Waals surface area contributed by atoms with Crippen molar-refractivity contribution < 1.29 is 0 Å². The van der Waals surface area contributed by atoms with E-state index in [1.807, 2.05) is 11.8 Å². The molecule has 0 bridgehead atoms. The molecule has 76 valence electrons. The van der Waals surface area contributed by atoms with Gasteiger partial charge in [-0.15, -0.1) is 11.8 Å². The van der Waals surface area contributed by atoms with Crippen LogP contribution in [0.25, 0.3) is 0 Å². The first-order valence-corrected chi connectivity index (χ1v) is 6.49. The lowest BCUT2D eigenvalue weighted by atomic mass is 10.2. The predicted molar refractivity (Wildman–Crippen MR) is 61.8 cm³/mol. The lowest BCUT2D eigenvalue weighted by Crippen LogP contribution is -2.28. The van der Waals surface area contributed by atoms with Crippen LogP contribution in [0.15, 0.2) is 4.99 Å². The zero-order chi connectivity index (χ0) is 9.52. The summed E-state index contributed by atoms with van der Waals surface area (Å²) in [5.41, 5.74) is 1.41. The minimum absolute atomic E-state index is 1.04. The van der Waals surface area contributed by atoms with Crippen LogP contribution in [-0.4, -0.2) is 42.4 Å². The largest absolute Gasteiger partial charge is 0.293 e. The predicted octanol–water partition coefficient (Wildman–Crippen LogP) is 2.25. The third kappa shape index (κ3) is 4.14. The first kappa shape index (κ1) is 11.1. The summed E-state index contributed by atoms with van der Waals surface area (Å²) >= 11 is 1.91. The van der Waals surface area contributed by atoms with Crippen LogP contribution in [0.1, 0.15) is 26.2 Å². The van der Waals surface area contributed by atoms with Gasteiger partial charge in [0.05, 0.1) is 0 Å². The summed E-state index contributed by atoms with van der Waals surface area (Å²) in [6.45, 7) is 5.60. The highest BCUT2D eigenvalue weighted by Gasteiger charge is 2.10. The van der Waals surface area contributed by atoms with Crippen molar-refractivity contribution in [3.05, 3.63) is 0 Å². The number of rotatable bonds is 4. The molecule has 0 amide bonds. The number of nitrogens with zero attached hydrogens (tertiary/aromatic N) is 2. The molecule has 0 atom stereocenters. The topological polar surface area (TPSA) is 15.6 Å². The third-order valence-corrected chi connectivity index (χ3v) is 2.85. The monoisotopic (exact) mass is 200 g/mol. The average molecular weight is 200 g/mol. The van der Waals surface area contributed by atoms with Crippen LogP contribution >= 0.6 is 11.8 Å². The molecule has 0 fully saturated rings. The molecule has 1 aliphatic rings. The van der Waals surface area contributed by atoms with Crippen LogP contribution in [0.4, 0.5) is 0 Å². The molecular weight excluding hydrogens is 180 g/mol. The first-order chi connectivity index (χ1) is 6.36. The Morgan fingerprint density at radius 3 is 3.08 bits per heavy atom. The zero-order valence-corrected chi connectivity index (χ0v) is 9.57. The number of thioether (sulfide) groups is 1. The molecule has 0 spiro atoms. The standard InChI is InChI=1S/C10H20N2S/c1-3-5-10-8-12(9-13-2)7-4-6-11-10/h3-9H2,1-2H3. The van der Waals surface area contributed by atoms with E-state index in [0.717, 1.165) is 19.0 Å². The SMILES string of the molecule is CCCC1=NCCCN(CSC)C1. The summed E-state index contributed by atoms with van der Waals surface area (Å²) in [4.78, 5) is 7.12. The maximum absolute atomic E-state index is 4.61. The van der Waals surface area contributed by atoms with E-state index >= 15 is 0 Å². The van der Waals surface area contributed by atoms with Gasteiger partial charge in [0.25, 0.3) is 0 Å². The molecule has 0 aromatic rings. The van der Waals surface area contributed by atoms with Crippen molar-refractivity contribution in [1.82, 2.24) is 4.90 Å². The van der Waals surface area contributed by atoms with E-state index < -0.39 is 0 Å². The van der Waals surface area contributed by atoms with Gasteiger partial charge in [0.1, 0.15) is 0 Å². The first-order valence-electron chi connectivity index (χ1n) is 5.10. The van der Waals surface area contributed by atoms with E-state index in [4.69, 9.17) is 0 Å². The molecule has 0 aromatic carbocycles. The summed E-state index contributed by atoms with van der Waals surface area (Å²) in [6.07, 6.45) is 5.81. The van der Waals surface area contributed by atoms with E-state index in [2.05, 4.69) is 23.1 Å². The van der Waals surface area contributed by atoms with Gasteiger partial charge in [-0.1, -0.05) is 13.3 Å². The number of hydrogen-bond acceptors (Lipinski definition) is 3. The Bertz CT molecular complexity index is 168. The maximum atomic E-state index is 4.61. The van der Waals surface area contributed by atoms with E-state index in [9.17, 15) is 0 Å². The van der Waals surface area contributed by atoms with E-state index in [1.54, 1.807) is 0 Å². The van der Waals surface area contributed by atoms with Crippen molar-refractivity contribution in [3.63, 3.8) is 0 Å². The Morgan fingerprint density at radius 1 is 1.54 bits per heavy atom. The van der Waals surface area contributed by atoms with Gasteiger partial charge in [0.15, 0.2) is 0 Å². The molecule has 0 saturated heterocycles. The minimum atomic E-state index is 1.04. The normalized spacial score (nSPS) is 19.7. The van der Waals surface area contributed by atoms with Gasteiger partial charge in [-0.05, 0) is 19.1 Å². The van der Waals surface area contributed by atoms with E-state index in [1.165, 1.54) is 31.5 Å². The van der Waals surface area contributed by atoms with E-state index in [0.29, 0.717) is 0 Å². The highest BCUT2D eigenvalue weighted by atomic mass is 32.2. The molecule has 0 aromatic heterocycles. The Labute approximate surface area is 85.8 Å². The van der Waals surface area contributed by atoms with Gasteiger partial charge >= 0.3 is 0 Å². The molecule has 0 unspecified atom stereocenters. The van der Waals surface area contributed by atoms with Crippen molar-refractivity contribution >= 4 is 17.5 Å². The van der Waals surface area contributed by atoms with Crippen LogP contribution in [-0.2, 0) is 0 Å². The number of hydrogen-bond donors (Lipinski definition) is 0. The van der Waals surface area contributed by atoms with Gasteiger partial charge in [0.2, 0.25) is 0 Å². The van der Waals surface area contributed by atoms with Crippen molar-refractivity contribution in [3.8, 4) is 0 Å². The molecule has 1 aliphatic heterocycles. The molecule has 2 nitrogen and oxygen atoms in total. The van der Waals surface area contributed by atoms with Gasteiger partial charge in [-0.2, -0.15) is 0 Å². The second kappa shape index (κ2) is 6.44. The molecule has 0 saturated carbocycles. The third-order valence-electron chi connectivity index (χ3n) is 2.22. The lowest BCUT2D eigenvalue weighted by molar-refractivity contribution is 0.368. The van der Waals surface area contributed by atoms with Gasteiger partial charge in [-0.25, -0.2) is 0 Å². The highest BCUT2D eigenvalue weighted by molar-refractivity contribution is 7.98. The van der Waals surface area contributed by atoms with Gasteiger partial charge in [-0.3, -0.25) is 9.89 Å². The van der Waals surface area contributed by atoms with Crippen molar-refractivity contribution in [2.45, 2.75) is 26.2 Å². The highest BCUT2D eigenvalue weighted by Crippen LogP contribution is 2.07. The van der Waals surface area contributed by atoms with E-state index in [-0.39, 0.29) is 0 Å². The Morgan fingerprint density at radius 2 is 2.38 bits per heavy atom. The summed E-state index contributed by atoms with van der Waals surface area (Å²) in [5, 5.41) is 0. The van der Waals surface area contributed by atoms with Crippen molar-refractivity contribution in [2.75, 3.05) is 31.8 Å². The van der Waals surface area contributed by atoms with Crippen LogP contribution < -0.4 is 0 Å². The maximum Gasteiger partial charge on any atom is 0.0445 e. The van der Waals surface area contributed by atoms with Crippen LogP contribution in [0.3, 0.4) is 0 Å². The Balaban J connectivity index is 2.40. The van der Waals surface area contributed by atoms with Crippen molar-refractivity contribution in [1.29, 1.82) is 0 Å². The second-order valence-electron chi connectivity index (χ2n) is 3.52. The smallest absolute Gasteiger partial charge is 0.0445 e. The zero-order valence-electron chi connectivity index (χ0n) is 8.75. The lowest BCUT2D eigenvalue weighted by Gasteiger charge is -2.18. The average Bonchev–Trinajstić information content (AvgIpc) is 2.32. The molecule has 13 heavy (non-hydrogen) atoms. The van der Waals surface area contributed by atoms with Crippen LogP contribution in [0.5, 0.6) is 0 Å². The molecule has 0 aliphatic carbocycles. The van der Waals surface area contributed by atoms with Crippen LogP contribution in [0.2, 0.25) is 0 Å². The molecular formula is C10H20N2S. The fraction of sp³-hybridized carbons (Fsp3) is 0.900. The molecule has 1 heterocycles. The second-order valence-corrected chi connectivity index (χ2v) is 4.36. The number of aliphatic imine (C=N–C) groups is 1. The fourth-order valence-corrected chi connectivity index (χ4v) is 2.24. The molecule has 1 rings (SSSR count). The van der Waals surface area contributed by atoms with Gasteiger partial charge < -0.3 is 0 Å². The minimum Gasteiger partial charge on any atom is -0.293 e. The summed E-state index contributed by atoms with van der Waals surface area (Å²) in [6, 6.07) is 0. The van der Waals surface area contributed by atoms with Crippen molar-refractivity contribution in [2.24, 2.45) is 4.99 Å². The summed E-state index contributed by atoms with van der Waals surface area (Å²) < 4.78 is 0. The molecule has 0 radical (unpaired) electrons. The summed E-state index contributed by atoms with van der Waals surface area (Å²) in [7, 11) is 0. The molecule has 0 N–H and O–H groups in total. The van der Waals surface area contributed by atoms with Gasteiger partial charge in [0, 0.05) is 31.2 Å². The molecule has 3 heteroatoms. The Hall–Kier alpha value is -0.0200. The summed E-state index contributed by atoms with van der Waals surface area (Å²) in [5.74, 6) is 1.16. The Kier molecular flexibility index (Phi) is 5.47. The fourth-order valence-electron chi connectivity index (χ4n) is 1.66. The quantitative estimate of drug-likeness (QED) is 0.692.